The van der Waals surface area contributed by atoms with E-state index in [1.165, 1.54) is 5.56 Å². The SMILES string of the molecule is O=C(NC1CCN(Cc2ccccc2)CC1)[C@@H]1CCCN(C(=O)Cc2ccccc2)C1. The van der Waals surface area contributed by atoms with Gasteiger partial charge in [0.1, 0.15) is 0 Å². The first-order valence-electron chi connectivity index (χ1n) is 11.6. The summed E-state index contributed by atoms with van der Waals surface area (Å²) in [5, 5.41) is 3.28. The van der Waals surface area contributed by atoms with Gasteiger partial charge in [-0.3, -0.25) is 14.5 Å². The highest BCUT2D eigenvalue weighted by molar-refractivity contribution is 5.82. The number of carbonyl (C=O) groups excluding carboxylic acids is 2. The molecular formula is C26H33N3O2. The van der Waals surface area contributed by atoms with Crippen molar-refractivity contribution in [3.05, 3.63) is 71.8 Å². The fourth-order valence-corrected chi connectivity index (χ4v) is 4.70. The molecular weight excluding hydrogens is 386 g/mol. The molecule has 0 bridgehead atoms. The van der Waals surface area contributed by atoms with Crippen LogP contribution in [0.4, 0.5) is 0 Å². The molecule has 0 aliphatic carbocycles. The Bertz CT molecular complexity index is 847. The molecule has 0 unspecified atom stereocenters. The van der Waals surface area contributed by atoms with Crippen LogP contribution in [0, 0.1) is 5.92 Å². The molecule has 2 aliphatic heterocycles. The van der Waals surface area contributed by atoms with Crippen molar-refractivity contribution in [1.82, 2.24) is 15.1 Å². The second kappa shape index (κ2) is 10.6. The minimum atomic E-state index is -0.0872. The number of carbonyl (C=O) groups is 2. The van der Waals surface area contributed by atoms with Crippen LogP contribution in [0.5, 0.6) is 0 Å². The van der Waals surface area contributed by atoms with E-state index in [2.05, 4.69) is 34.5 Å². The van der Waals surface area contributed by atoms with Crippen molar-refractivity contribution in [2.24, 2.45) is 5.92 Å². The van der Waals surface area contributed by atoms with Gasteiger partial charge >= 0.3 is 0 Å². The Balaban J connectivity index is 1.22. The number of hydrogen-bond donors (Lipinski definition) is 1. The van der Waals surface area contributed by atoms with E-state index >= 15 is 0 Å². The molecule has 0 saturated carbocycles. The number of rotatable bonds is 6. The summed E-state index contributed by atoms with van der Waals surface area (Å²) in [6.45, 7) is 4.29. The monoisotopic (exact) mass is 419 g/mol. The Morgan fingerprint density at radius 1 is 0.839 bits per heavy atom. The second-order valence-electron chi connectivity index (χ2n) is 8.89. The van der Waals surface area contributed by atoms with E-state index in [1.807, 2.05) is 41.3 Å². The van der Waals surface area contributed by atoms with Crippen LogP contribution >= 0.6 is 0 Å². The summed E-state index contributed by atoms with van der Waals surface area (Å²) in [4.78, 5) is 29.9. The van der Waals surface area contributed by atoms with Crippen molar-refractivity contribution in [1.29, 1.82) is 0 Å². The van der Waals surface area contributed by atoms with Gasteiger partial charge in [0.2, 0.25) is 11.8 Å². The third-order valence-corrected chi connectivity index (χ3v) is 6.53. The first-order valence-corrected chi connectivity index (χ1v) is 11.6. The van der Waals surface area contributed by atoms with Gasteiger partial charge in [-0.05, 0) is 36.8 Å². The van der Waals surface area contributed by atoms with Gasteiger partial charge in [0, 0.05) is 38.8 Å². The molecule has 2 amide bonds. The number of nitrogens with one attached hydrogen (secondary N) is 1. The Hall–Kier alpha value is -2.66. The molecule has 2 aromatic carbocycles. The average molecular weight is 420 g/mol. The van der Waals surface area contributed by atoms with Crippen molar-refractivity contribution >= 4 is 11.8 Å². The molecule has 0 aromatic heterocycles. The lowest BCUT2D eigenvalue weighted by atomic mass is 9.95. The summed E-state index contributed by atoms with van der Waals surface area (Å²) in [7, 11) is 0. The maximum Gasteiger partial charge on any atom is 0.227 e. The van der Waals surface area contributed by atoms with Crippen LogP contribution in [-0.2, 0) is 22.6 Å². The van der Waals surface area contributed by atoms with Crippen molar-refractivity contribution in [3.63, 3.8) is 0 Å². The standard InChI is InChI=1S/C26H33N3O2/c30-25(18-21-8-3-1-4-9-21)29-15-7-12-23(20-29)26(31)27-24-13-16-28(17-14-24)19-22-10-5-2-6-11-22/h1-6,8-11,23-24H,7,12-20H2,(H,27,31)/t23-/m1/s1. The van der Waals surface area contributed by atoms with Crippen LogP contribution in [0.1, 0.15) is 36.8 Å². The summed E-state index contributed by atoms with van der Waals surface area (Å²) >= 11 is 0. The zero-order valence-corrected chi connectivity index (χ0v) is 18.2. The number of piperidine rings is 2. The van der Waals surface area contributed by atoms with Crippen molar-refractivity contribution in [2.75, 3.05) is 26.2 Å². The lowest BCUT2D eigenvalue weighted by Crippen LogP contribution is -2.50. The molecule has 5 heteroatoms. The van der Waals surface area contributed by atoms with Crippen LogP contribution in [0.15, 0.2) is 60.7 Å². The smallest absolute Gasteiger partial charge is 0.227 e. The molecule has 2 fully saturated rings. The third-order valence-electron chi connectivity index (χ3n) is 6.53. The Morgan fingerprint density at radius 2 is 1.48 bits per heavy atom. The molecule has 2 aromatic rings. The van der Waals surface area contributed by atoms with Gasteiger partial charge in [-0.2, -0.15) is 0 Å². The van der Waals surface area contributed by atoms with E-state index in [-0.39, 0.29) is 23.8 Å². The van der Waals surface area contributed by atoms with Crippen LogP contribution in [-0.4, -0.2) is 53.8 Å². The normalized spacial score (nSPS) is 20.4. The number of hydrogen-bond acceptors (Lipinski definition) is 3. The minimum absolute atomic E-state index is 0.0872. The van der Waals surface area contributed by atoms with E-state index in [0.717, 1.165) is 57.4 Å². The zero-order chi connectivity index (χ0) is 21.5. The van der Waals surface area contributed by atoms with Gasteiger partial charge in [-0.1, -0.05) is 60.7 Å². The predicted molar refractivity (Wildman–Crippen MR) is 122 cm³/mol. The number of benzene rings is 2. The largest absolute Gasteiger partial charge is 0.353 e. The topological polar surface area (TPSA) is 52.7 Å². The molecule has 1 N–H and O–H groups in total. The minimum Gasteiger partial charge on any atom is -0.353 e. The Morgan fingerprint density at radius 3 is 2.16 bits per heavy atom. The van der Waals surface area contributed by atoms with Crippen LogP contribution in [0.25, 0.3) is 0 Å². The van der Waals surface area contributed by atoms with Crippen LogP contribution < -0.4 is 5.32 Å². The first kappa shape index (κ1) is 21.6. The van der Waals surface area contributed by atoms with Crippen molar-refractivity contribution in [2.45, 2.75) is 44.7 Å². The van der Waals surface area contributed by atoms with E-state index in [1.54, 1.807) is 0 Å². The predicted octanol–water partition coefficient (Wildman–Crippen LogP) is 3.25. The maximum atomic E-state index is 12.9. The van der Waals surface area contributed by atoms with E-state index in [4.69, 9.17) is 0 Å². The number of nitrogens with zero attached hydrogens (tertiary/aromatic N) is 2. The van der Waals surface area contributed by atoms with Crippen LogP contribution in [0.3, 0.4) is 0 Å². The molecule has 5 nitrogen and oxygen atoms in total. The summed E-state index contributed by atoms with van der Waals surface area (Å²) in [6.07, 6.45) is 4.15. The lowest BCUT2D eigenvalue weighted by molar-refractivity contribution is -0.135. The summed E-state index contributed by atoms with van der Waals surface area (Å²) in [6, 6.07) is 20.6. The van der Waals surface area contributed by atoms with E-state index < -0.39 is 0 Å². The summed E-state index contributed by atoms with van der Waals surface area (Å²) < 4.78 is 0. The first-order chi connectivity index (χ1) is 15.2. The fourth-order valence-electron chi connectivity index (χ4n) is 4.70. The molecule has 2 heterocycles. The Labute approximate surface area is 185 Å². The van der Waals surface area contributed by atoms with Gasteiger partial charge in [0.15, 0.2) is 0 Å². The van der Waals surface area contributed by atoms with Gasteiger partial charge < -0.3 is 10.2 Å². The van der Waals surface area contributed by atoms with Gasteiger partial charge in [0.05, 0.1) is 12.3 Å². The molecule has 4 rings (SSSR count). The fraction of sp³-hybridized carbons (Fsp3) is 0.462. The highest BCUT2D eigenvalue weighted by Crippen LogP contribution is 2.20. The zero-order valence-electron chi connectivity index (χ0n) is 18.2. The van der Waals surface area contributed by atoms with E-state index in [0.29, 0.717) is 13.0 Å². The molecule has 0 spiro atoms. The van der Waals surface area contributed by atoms with Gasteiger partial charge in [-0.25, -0.2) is 0 Å². The third kappa shape index (κ3) is 6.17. The molecule has 164 valence electrons. The molecule has 2 aliphatic rings. The van der Waals surface area contributed by atoms with Crippen molar-refractivity contribution < 1.29 is 9.59 Å². The quantitative estimate of drug-likeness (QED) is 0.782. The summed E-state index contributed by atoms with van der Waals surface area (Å²) in [5.74, 6) is 0.160. The van der Waals surface area contributed by atoms with Gasteiger partial charge in [-0.15, -0.1) is 0 Å². The molecule has 0 radical (unpaired) electrons. The average Bonchev–Trinajstić information content (AvgIpc) is 2.82. The number of amides is 2. The maximum absolute atomic E-state index is 12.9. The highest BCUT2D eigenvalue weighted by atomic mass is 16.2. The Kier molecular flexibility index (Phi) is 7.36. The molecule has 31 heavy (non-hydrogen) atoms. The highest BCUT2D eigenvalue weighted by Gasteiger charge is 2.30. The summed E-state index contributed by atoms with van der Waals surface area (Å²) in [5.41, 5.74) is 2.37. The second-order valence-corrected chi connectivity index (χ2v) is 8.89. The van der Waals surface area contributed by atoms with Crippen molar-refractivity contribution in [3.8, 4) is 0 Å². The molecule has 1 atom stereocenters. The number of likely N-dealkylation sites (tertiary alicyclic amines) is 2. The van der Waals surface area contributed by atoms with Crippen LogP contribution in [0.2, 0.25) is 0 Å². The molecule has 2 saturated heterocycles. The van der Waals surface area contributed by atoms with E-state index in [9.17, 15) is 9.59 Å². The van der Waals surface area contributed by atoms with Gasteiger partial charge in [0.25, 0.3) is 0 Å². The lowest BCUT2D eigenvalue weighted by Gasteiger charge is -2.35.